The first-order valence-electron chi connectivity index (χ1n) is 9.16. The molecule has 0 aliphatic carbocycles. The fourth-order valence-corrected chi connectivity index (χ4v) is 4.14. The van der Waals surface area contributed by atoms with Gasteiger partial charge in [-0.05, 0) is 68.9 Å². The molecular weight excluding hydrogens is 354 g/mol. The summed E-state index contributed by atoms with van der Waals surface area (Å²) in [6.45, 7) is 6.38. The maximum Gasteiger partial charge on any atom is 0.170 e. The van der Waals surface area contributed by atoms with Crippen LogP contribution in [0.2, 0.25) is 0 Å². The van der Waals surface area contributed by atoms with Gasteiger partial charge in [-0.25, -0.2) is 4.98 Å². The molecule has 27 heavy (non-hydrogen) atoms. The van der Waals surface area contributed by atoms with Gasteiger partial charge < -0.3 is 14.8 Å². The van der Waals surface area contributed by atoms with Gasteiger partial charge in [0.25, 0.3) is 0 Å². The minimum atomic E-state index is -0.0137. The summed E-state index contributed by atoms with van der Waals surface area (Å²) in [5, 5.41) is 4.25. The smallest absolute Gasteiger partial charge is 0.170 e. The molecule has 1 saturated heterocycles. The number of rotatable bonds is 4. The van der Waals surface area contributed by atoms with Crippen LogP contribution in [0.4, 0.5) is 0 Å². The van der Waals surface area contributed by atoms with Crippen molar-refractivity contribution in [3.8, 4) is 5.82 Å². The van der Waals surface area contributed by atoms with Crippen LogP contribution in [-0.2, 0) is 0 Å². The third-order valence-electron chi connectivity index (χ3n) is 4.92. The van der Waals surface area contributed by atoms with Crippen LogP contribution in [0.15, 0.2) is 61.1 Å². The highest BCUT2D eigenvalue weighted by molar-refractivity contribution is 7.80. The van der Waals surface area contributed by atoms with Gasteiger partial charge in [-0.2, -0.15) is 0 Å². The Kier molecular flexibility index (Phi) is 4.66. The van der Waals surface area contributed by atoms with Crippen LogP contribution in [0.25, 0.3) is 5.82 Å². The first kappa shape index (κ1) is 17.7. The van der Waals surface area contributed by atoms with E-state index >= 15 is 0 Å². The van der Waals surface area contributed by atoms with E-state index in [1.54, 1.807) is 0 Å². The summed E-state index contributed by atoms with van der Waals surface area (Å²) in [4.78, 5) is 11.5. The molecule has 0 radical (unpaired) electrons. The Hall–Kier alpha value is -2.73. The van der Waals surface area contributed by atoms with Gasteiger partial charge in [0.1, 0.15) is 5.82 Å². The molecule has 5 nitrogen and oxygen atoms in total. The number of pyridine rings is 2. The molecule has 1 fully saturated rings. The fourth-order valence-electron chi connectivity index (χ4n) is 3.68. The molecule has 0 spiro atoms. The van der Waals surface area contributed by atoms with E-state index in [0.29, 0.717) is 0 Å². The van der Waals surface area contributed by atoms with E-state index in [-0.39, 0.29) is 18.1 Å². The van der Waals surface area contributed by atoms with Crippen LogP contribution in [0.3, 0.4) is 0 Å². The molecule has 0 amide bonds. The Bertz CT molecular complexity index is 933. The molecule has 0 aromatic carbocycles. The predicted molar refractivity (Wildman–Crippen MR) is 111 cm³/mol. The van der Waals surface area contributed by atoms with E-state index < -0.39 is 0 Å². The summed E-state index contributed by atoms with van der Waals surface area (Å²) in [5.74, 6) is 0.905. The second kappa shape index (κ2) is 7.12. The molecule has 0 saturated carbocycles. The summed E-state index contributed by atoms with van der Waals surface area (Å²) in [5.41, 5.74) is 3.27. The lowest BCUT2D eigenvalue weighted by molar-refractivity contribution is 0.262. The van der Waals surface area contributed by atoms with Gasteiger partial charge in [0.2, 0.25) is 0 Å². The van der Waals surface area contributed by atoms with Crippen LogP contribution in [0, 0.1) is 6.92 Å². The van der Waals surface area contributed by atoms with E-state index in [4.69, 9.17) is 12.2 Å². The number of nitrogens with zero attached hydrogens (tertiary/aromatic N) is 4. The average Bonchev–Trinajstić information content (AvgIpc) is 3.27. The standard InChI is InChI=1S/C21H23N5S/c1-14(2)26-20(19(24-21(26)27)16-7-4-5-11-22-16)17-8-6-12-25(17)18-10-9-15(3)13-23-18/h4-14,19-20H,1-3H3,(H,24,27)/t19-,20-/m0/s1. The van der Waals surface area contributed by atoms with Crippen molar-refractivity contribution in [1.82, 2.24) is 24.8 Å². The van der Waals surface area contributed by atoms with Crippen LogP contribution >= 0.6 is 12.2 Å². The van der Waals surface area contributed by atoms with Crippen molar-refractivity contribution < 1.29 is 0 Å². The topological polar surface area (TPSA) is 46.0 Å². The second-order valence-electron chi connectivity index (χ2n) is 7.12. The van der Waals surface area contributed by atoms with Gasteiger partial charge in [0.05, 0.1) is 17.8 Å². The van der Waals surface area contributed by atoms with Gasteiger partial charge in [0, 0.05) is 30.3 Å². The third-order valence-corrected chi connectivity index (χ3v) is 5.25. The first-order chi connectivity index (χ1) is 13.1. The van der Waals surface area contributed by atoms with Gasteiger partial charge in [-0.1, -0.05) is 12.1 Å². The molecule has 0 unspecified atom stereocenters. The number of nitrogens with one attached hydrogen (secondary N) is 1. The van der Waals surface area contributed by atoms with E-state index in [1.165, 1.54) is 0 Å². The number of thiocarbonyl (C=S) groups is 1. The molecule has 138 valence electrons. The highest BCUT2D eigenvalue weighted by Gasteiger charge is 2.42. The summed E-state index contributed by atoms with van der Waals surface area (Å²) in [6, 6.07) is 14.6. The van der Waals surface area contributed by atoms with E-state index in [0.717, 1.165) is 27.9 Å². The van der Waals surface area contributed by atoms with Gasteiger partial charge in [-0.15, -0.1) is 0 Å². The van der Waals surface area contributed by atoms with Gasteiger partial charge in [-0.3, -0.25) is 4.98 Å². The lowest BCUT2D eigenvalue weighted by Gasteiger charge is -2.31. The van der Waals surface area contributed by atoms with Crippen LogP contribution in [0.5, 0.6) is 0 Å². The molecule has 1 aliphatic rings. The molecular formula is C21H23N5S. The van der Waals surface area contributed by atoms with Crippen molar-refractivity contribution in [2.75, 3.05) is 0 Å². The minimum Gasteiger partial charge on any atom is -0.352 e. The largest absolute Gasteiger partial charge is 0.352 e. The molecule has 3 aromatic heterocycles. The molecule has 3 aromatic rings. The lowest BCUT2D eigenvalue weighted by atomic mass is 10.0. The number of hydrogen-bond donors (Lipinski definition) is 1. The van der Waals surface area contributed by atoms with Crippen LogP contribution in [0.1, 0.15) is 42.9 Å². The molecule has 4 rings (SSSR count). The van der Waals surface area contributed by atoms with Gasteiger partial charge in [0.15, 0.2) is 5.11 Å². The quantitative estimate of drug-likeness (QED) is 0.698. The van der Waals surface area contributed by atoms with E-state index in [2.05, 4.69) is 75.1 Å². The Balaban J connectivity index is 1.82. The van der Waals surface area contributed by atoms with Crippen molar-refractivity contribution in [2.45, 2.75) is 38.9 Å². The summed E-state index contributed by atoms with van der Waals surface area (Å²) in [7, 11) is 0. The zero-order valence-electron chi connectivity index (χ0n) is 15.7. The zero-order chi connectivity index (χ0) is 19.0. The van der Waals surface area contributed by atoms with Crippen molar-refractivity contribution in [1.29, 1.82) is 0 Å². The summed E-state index contributed by atoms with van der Waals surface area (Å²) in [6.07, 6.45) is 5.78. The Morgan fingerprint density at radius 2 is 1.93 bits per heavy atom. The highest BCUT2D eigenvalue weighted by Crippen LogP contribution is 2.40. The average molecular weight is 378 g/mol. The number of aryl methyl sites for hydroxylation is 1. The Labute approximate surface area is 165 Å². The minimum absolute atomic E-state index is 0.0137. The lowest BCUT2D eigenvalue weighted by Crippen LogP contribution is -2.36. The van der Waals surface area contributed by atoms with Crippen molar-refractivity contribution in [2.24, 2.45) is 0 Å². The van der Waals surface area contributed by atoms with Crippen molar-refractivity contribution >= 4 is 17.3 Å². The van der Waals surface area contributed by atoms with Gasteiger partial charge >= 0.3 is 0 Å². The first-order valence-corrected chi connectivity index (χ1v) is 9.57. The van der Waals surface area contributed by atoms with E-state index in [9.17, 15) is 0 Å². The Morgan fingerprint density at radius 3 is 2.59 bits per heavy atom. The van der Waals surface area contributed by atoms with E-state index in [1.807, 2.05) is 31.5 Å². The zero-order valence-corrected chi connectivity index (χ0v) is 16.5. The summed E-state index contributed by atoms with van der Waals surface area (Å²) < 4.78 is 2.14. The van der Waals surface area contributed by atoms with Crippen molar-refractivity contribution in [3.63, 3.8) is 0 Å². The Morgan fingerprint density at radius 1 is 1.07 bits per heavy atom. The third kappa shape index (κ3) is 3.21. The van der Waals surface area contributed by atoms with Crippen LogP contribution in [-0.4, -0.2) is 30.6 Å². The SMILES string of the molecule is Cc1ccc(-n2cccc2[C@H]2[C@H](c3ccccn3)NC(=S)N2C(C)C)nc1. The molecule has 1 aliphatic heterocycles. The summed E-state index contributed by atoms with van der Waals surface area (Å²) >= 11 is 5.68. The highest BCUT2D eigenvalue weighted by atomic mass is 32.1. The second-order valence-corrected chi connectivity index (χ2v) is 7.51. The molecule has 6 heteroatoms. The normalized spacial score (nSPS) is 19.6. The predicted octanol–water partition coefficient (Wildman–Crippen LogP) is 3.96. The number of aromatic nitrogens is 3. The number of hydrogen-bond acceptors (Lipinski definition) is 3. The molecule has 1 N–H and O–H groups in total. The van der Waals surface area contributed by atoms with Crippen molar-refractivity contribution in [3.05, 3.63) is 78.0 Å². The maximum atomic E-state index is 5.68. The monoisotopic (exact) mass is 377 g/mol. The molecule has 0 bridgehead atoms. The maximum absolute atomic E-state index is 5.68. The fraction of sp³-hybridized carbons (Fsp3) is 0.286. The van der Waals surface area contributed by atoms with Crippen LogP contribution < -0.4 is 5.32 Å². The molecule has 4 heterocycles. The molecule has 2 atom stereocenters.